The van der Waals surface area contributed by atoms with E-state index in [1.807, 2.05) is 16.9 Å². The second-order valence-corrected chi connectivity index (χ2v) is 12.6. The third-order valence-electron chi connectivity index (χ3n) is 6.61. The predicted octanol–water partition coefficient (Wildman–Crippen LogP) is 5.38. The second-order valence-electron chi connectivity index (χ2n) is 10.0. The van der Waals surface area contributed by atoms with Crippen LogP contribution in [-0.4, -0.2) is 45.2 Å². The summed E-state index contributed by atoms with van der Waals surface area (Å²) < 4.78 is 45.5. The van der Waals surface area contributed by atoms with E-state index in [4.69, 9.17) is 27.9 Å². The van der Waals surface area contributed by atoms with Crippen molar-refractivity contribution in [2.75, 3.05) is 26.0 Å². The summed E-state index contributed by atoms with van der Waals surface area (Å²) in [5, 5.41) is 1.25. The number of benzene rings is 2. The van der Waals surface area contributed by atoms with Crippen molar-refractivity contribution in [1.82, 2.24) is 9.62 Å². The van der Waals surface area contributed by atoms with Gasteiger partial charge in [-0.2, -0.15) is 0 Å². The fourth-order valence-electron chi connectivity index (χ4n) is 4.42. The summed E-state index contributed by atoms with van der Waals surface area (Å²) >= 11 is 12.2. The first kappa shape index (κ1) is 26.2. The quantitative estimate of drug-likeness (QED) is 0.484. The molecule has 1 aliphatic carbocycles. The molecule has 4 rings (SSSR count). The van der Waals surface area contributed by atoms with Crippen molar-refractivity contribution < 1.29 is 22.3 Å². The summed E-state index contributed by atoms with van der Waals surface area (Å²) in [5.74, 6) is -1.16. The Kier molecular flexibility index (Phi) is 7.67. The molecule has 0 spiro atoms. The van der Waals surface area contributed by atoms with Crippen molar-refractivity contribution in [2.45, 2.75) is 45.1 Å². The molecule has 2 fully saturated rings. The van der Waals surface area contributed by atoms with Crippen molar-refractivity contribution in [3.05, 3.63) is 62.9 Å². The summed E-state index contributed by atoms with van der Waals surface area (Å²) in [6.45, 7) is 5.14. The van der Waals surface area contributed by atoms with E-state index in [0.717, 1.165) is 62.7 Å². The predicted molar refractivity (Wildman–Crippen MR) is 135 cm³/mol. The van der Waals surface area contributed by atoms with Crippen molar-refractivity contribution >= 4 is 39.1 Å². The monoisotopic (exact) mass is 542 g/mol. The van der Waals surface area contributed by atoms with Gasteiger partial charge in [0, 0.05) is 28.1 Å². The van der Waals surface area contributed by atoms with Crippen LogP contribution in [0.15, 0.2) is 30.3 Å². The number of carbonyl (C=O) groups is 1. The van der Waals surface area contributed by atoms with Crippen LogP contribution in [0.3, 0.4) is 0 Å². The zero-order valence-electron chi connectivity index (χ0n) is 19.7. The van der Waals surface area contributed by atoms with Crippen LogP contribution in [0.5, 0.6) is 5.75 Å². The molecule has 1 saturated heterocycles. The minimum absolute atomic E-state index is 0.0773. The highest BCUT2D eigenvalue weighted by atomic mass is 35.5. The number of nitrogens with zero attached hydrogens (tertiary/aromatic N) is 1. The van der Waals surface area contributed by atoms with E-state index in [9.17, 15) is 17.6 Å². The largest absolute Gasteiger partial charge is 0.493 e. The topological polar surface area (TPSA) is 75.7 Å². The van der Waals surface area contributed by atoms with E-state index < -0.39 is 21.7 Å². The molecule has 2 aliphatic rings. The lowest BCUT2D eigenvalue weighted by molar-refractivity contribution is 0.0651. The van der Waals surface area contributed by atoms with E-state index >= 15 is 0 Å². The molecule has 0 atom stereocenters. The standard InChI is InChI=1S/C25H29Cl2FN2O4S/c1-25(5-7-30(8-6-25)14-16-9-18(26)11-19(27)10-16)15-34-23-13-22(28)21(12-20(23)17-3-4-17)24(31)29-35(2,32)33/h9-13,17H,3-8,14-15H2,1-2H3,(H,29,31). The smallest absolute Gasteiger partial charge is 0.267 e. The lowest BCUT2D eigenvalue weighted by Crippen LogP contribution is -2.41. The van der Waals surface area contributed by atoms with Gasteiger partial charge < -0.3 is 4.74 Å². The number of hydrogen-bond acceptors (Lipinski definition) is 5. The molecule has 0 radical (unpaired) electrons. The fourth-order valence-corrected chi connectivity index (χ4v) is 5.43. The van der Waals surface area contributed by atoms with Crippen LogP contribution in [0.25, 0.3) is 0 Å². The first-order valence-electron chi connectivity index (χ1n) is 11.6. The van der Waals surface area contributed by atoms with Gasteiger partial charge in [-0.05, 0) is 80.1 Å². The number of hydrogen-bond donors (Lipinski definition) is 1. The van der Waals surface area contributed by atoms with Gasteiger partial charge in [0.15, 0.2) is 0 Å². The molecule has 35 heavy (non-hydrogen) atoms. The van der Waals surface area contributed by atoms with Crippen LogP contribution in [-0.2, 0) is 16.6 Å². The molecule has 6 nitrogen and oxygen atoms in total. The minimum atomic E-state index is -3.79. The fraction of sp³-hybridized carbons (Fsp3) is 0.480. The minimum Gasteiger partial charge on any atom is -0.493 e. The number of sulfonamides is 1. The number of piperidine rings is 1. The molecule has 2 aromatic carbocycles. The number of nitrogens with one attached hydrogen (secondary N) is 1. The van der Waals surface area contributed by atoms with E-state index in [1.165, 1.54) is 12.1 Å². The van der Waals surface area contributed by atoms with Crippen LogP contribution in [0.4, 0.5) is 4.39 Å². The van der Waals surface area contributed by atoms with Crippen molar-refractivity contribution in [1.29, 1.82) is 0 Å². The average Bonchev–Trinajstić information content (AvgIpc) is 3.57. The molecule has 190 valence electrons. The molecule has 10 heteroatoms. The van der Waals surface area contributed by atoms with Gasteiger partial charge >= 0.3 is 0 Å². The van der Waals surface area contributed by atoms with Crippen molar-refractivity contribution in [3.8, 4) is 5.75 Å². The number of rotatable bonds is 8. The maximum atomic E-state index is 14.8. The van der Waals surface area contributed by atoms with Gasteiger partial charge in [0.1, 0.15) is 11.6 Å². The Hall–Kier alpha value is -1.87. The number of halogens is 3. The van der Waals surface area contributed by atoms with Crippen LogP contribution in [0, 0.1) is 11.2 Å². The summed E-state index contributed by atoms with van der Waals surface area (Å²) in [6.07, 6.45) is 4.54. The van der Waals surface area contributed by atoms with Crippen LogP contribution < -0.4 is 9.46 Å². The van der Waals surface area contributed by atoms with Crippen molar-refractivity contribution in [2.24, 2.45) is 5.41 Å². The highest BCUT2D eigenvalue weighted by Gasteiger charge is 2.33. The molecule has 2 aromatic rings. The molecule has 0 bridgehead atoms. The van der Waals surface area contributed by atoms with Crippen LogP contribution in [0.1, 0.15) is 60.0 Å². The molecule has 1 aliphatic heterocycles. The zero-order valence-corrected chi connectivity index (χ0v) is 22.1. The number of ether oxygens (including phenoxy) is 1. The molecular formula is C25H29Cl2FN2O4S. The Labute approximate surface area is 215 Å². The normalized spacial score (nSPS) is 18.3. The number of likely N-dealkylation sites (tertiary alicyclic amines) is 1. The second kappa shape index (κ2) is 10.2. The van der Waals surface area contributed by atoms with Gasteiger partial charge in [0.25, 0.3) is 5.91 Å². The summed E-state index contributed by atoms with van der Waals surface area (Å²) in [6, 6.07) is 8.23. The summed E-state index contributed by atoms with van der Waals surface area (Å²) in [5.41, 5.74) is 1.47. The Bertz CT molecular complexity index is 1210. The van der Waals surface area contributed by atoms with Gasteiger partial charge in [0.05, 0.1) is 18.4 Å². The van der Waals surface area contributed by atoms with Gasteiger partial charge in [-0.1, -0.05) is 30.1 Å². The highest BCUT2D eigenvalue weighted by Crippen LogP contribution is 2.45. The molecular weight excluding hydrogens is 514 g/mol. The molecule has 1 heterocycles. The third kappa shape index (κ3) is 7.09. The summed E-state index contributed by atoms with van der Waals surface area (Å²) in [7, 11) is -3.79. The average molecular weight is 543 g/mol. The lowest BCUT2D eigenvalue weighted by atomic mass is 9.81. The van der Waals surface area contributed by atoms with E-state index in [2.05, 4.69) is 11.8 Å². The molecule has 0 aromatic heterocycles. The van der Waals surface area contributed by atoms with Gasteiger partial charge in [0.2, 0.25) is 10.0 Å². The third-order valence-corrected chi connectivity index (χ3v) is 7.60. The van der Waals surface area contributed by atoms with E-state index in [-0.39, 0.29) is 16.9 Å². The Morgan fingerprint density at radius 3 is 2.34 bits per heavy atom. The van der Waals surface area contributed by atoms with Gasteiger partial charge in [-0.15, -0.1) is 0 Å². The van der Waals surface area contributed by atoms with E-state index in [0.29, 0.717) is 22.4 Å². The van der Waals surface area contributed by atoms with Crippen molar-refractivity contribution in [3.63, 3.8) is 0 Å². The zero-order chi connectivity index (χ0) is 25.4. The molecule has 1 saturated carbocycles. The van der Waals surface area contributed by atoms with Crippen LogP contribution >= 0.6 is 23.2 Å². The molecule has 1 N–H and O–H groups in total. The maximum absolute atomic E-state index is 14.8. The maximum Gasteiger partial charge on any atom is 0.267 e. The van der Waals surface area contributed by atoms with E-state index in [1.54, 1.807) is 6.07 Å². The lowest BCUT2D eigenvalue weighted by Gasteiger charge is -2.39. The Balaban J connectivity index is 1.40. The Morgan fingerprint density at radius 2 is 1.77 bits per heavy atom. The first-order chi connectivity index (χ1) is 16.4. The molecule has 1 amide bonds. The number of carbonyl (C=O) groups excluding carboxylic acids is 1. The van der Waals surface area contributed by atoms with Crippen LogP contribution in [0.2, 0.25) is 10.0 Å². The van der Waals surface area contributed by atoms with Gasteiger partial charge in [-0.25, -0.2) is 17.5 Å². The van der Waals surface area contributed by atoms with Gasteiger partial charge in [-0.3, -0.25) is 9.69 Å². The Morgan fingerprint density at radius 1 is 1.14 bits per heavy atom. The SMILES string of the molecule is CC1(COc2cc(F)c(C(=O)NS(C)(=O)=O)cc2C2CC2)CCN(Cc2cc(Cl)cc(Cl)c2)CC1. The highest BCUT2D eigenvalue weighted by molar-refractivity contribution is 7.89. The molecule has 0 unspecified atom stereocenters. The number of amides is 1. The summed E-state index contributed by atoms with van der Waals surface area (Å²) in [4.78, 5) is 14.6. The first-order valence-corrected chi connectivity index (χ1v) is 14.2.